The molecule has 0 saturated carbocycles. The Labute approximate surface area is 99.0 Å². The van der Waals surface area contributed by atoms with E-state index in [2.05, 4.69) is 0 Å². The number of aliphatic carboxylic acids is 1. The summed E-state index contributed by atoms with van der Waals surface area (Å²) in [7, 11) is 1.55. The maximum absolute atomic E-state index is 11.0. The van der Waals surface area contributed by atoms with E-state index in [-0.39, 0.29) is 6.54 Å². The molecule has 1 atom stereocenters. The van der Waals surface area contributed by atoms with Crippen molar-refractivity contribution >= 4 is 17.6 Å². The van der Waals surface area contributed by atoms with Crippen LogP contribution in [0, 0.1) is 0 Å². The Morgan fingerprint density at radius 2 is 2.31 bits per heavy atom. The maximum Gasteiger partial charge on any atom is 0.312 e. The van der Waals surface area contributed by atoms with Crippen LogP contribution in [0.3, 0.4) is 0 Å². The summed E-state index contributed by atoms with van der Waals surface area (Å²) in [5.74, 6) is -1.70. The van der Waals surface area contributed by atoms with Crippen LogP contribution in [0.4, 0.5) is 0 Å². The molecule has 5 heteroatoms. The first-order chi connectivity index (χ1) is 7.60. The lowest BCUT2D eigenvalue weighted by molar-refractivity contribution is -0.138. The second-order valence-corrected chi connectivity index (χ2v) is 3.84. The summed E-state index contributed by atoms with van der Waals surface area (Å²) in [5, 5.41) is 9.54. The van der Waals surface area contributed by atoms with Gasteiger partial charge in [0.25, 0.3) is 0 Å². The molecule has 0 amide bonds. The van der Waals surface area contributed by atoms with Gasteiger partial charge in [0.1, 0.15) is 0 Å². The molecular weight excluding hydrogens is 230 g/mol. The van der Waals surface area contributed by atoms with E-state index in [1.165, 1.54) is 0 Å². The quantitative estimate of drug-likeness (QED) is 0.824. The number of benzene rings is 1. The highest BCUT2D eigenvalue weighted by atomic mass is 35.5. The number of rotatable bonds is 5. The van der Waals surface area contributed by atoms with Crippen LogP contribution in [-0.2, 0) is 16.1 Å². The van der Waals surface area contributed by atoms with Crippen molar-refractivity contribution in [2.75, 3.05) is 13.7 Å². The molecule has 0 aliphatic heterocycles. The summed E-state index contributed by atoms with van der Waals surface area (Å²) in [4.78, 5) is 11.0. The van der Waals surface area contributed by atoms with E-state index in [9.17, 15) is 4.79 Å². The van der Waals surface area contributed by atoms with Crippen molar-refractivity contribution in [3.05, 3.63) is 34.3 Å². The largest absolute Gasteiger partial charge is 0.481 e. The predicted octanol–water partition coefficient (Wildman–Crippen LogP) is 1.61. The number of hydrogen-bond donors (Lipinski definition) is 2. The van der Waals surface area contributed by atoms with Crippen molar-refractivity contribution in [2.45, 2.75) is 12.5 Å². The van der Waals surface area contributed by atoms with Gasteiger partial charge in [-0.1, -0.05) is 17.7 Å². The molecule has 88 valence electrons. The molecular formula is C11H14ClNO3. The Morgan fingerprint density at radius 3 is 2.81 bits per heavy atom. The lowest BCUT2D eigenvalue weighted by Crippen LogP contribution is -2.22. The van der Waals surface area contributed by atoms with Gasteiger partial charge in [0.15, 0.2) is 0 Å². The Balaban J connectivity index is 3.16. The number of carboxylic acids is 1. The Bertz CT molecular complexity index is 381. The average Bonchev–Trinajstić information content (AvgIpc) is 2.22. The van der Waals surface area contributed by atoms with E-state index in [4.69, 9.17) is 27.2 Å². The SMILES string of the molecule is COCc1ccc(Cl)cc1C(CN)C(=O)O. The third-order valence-electron chi connectivity index (χ3n) is 2.32. The number of hydrogen-bond acceptors (Lipinski definition) is 3. The molecule has 1 rings (SSSR count). The normalized spacial score (nSPS) is 12.4. The highest BCUT2D eigenvalue weighted by Crippen LogP contribution is 2.24. The first kappa shape index (κ1) is 13.0. The van der Waals surface area contributed by atoms with Gasteiger partial charge in [-0.15, -0.1) is 0 Å². The fourth-order valence-corrected chi connectivity index (χ4v) is 1.72. The molecule has 1 aromatic rings. The van der Waals surface area contributed by atoms with Crippen LogP contribution in [0.5, 0.6) is 0 Å². The van der Waals surface area contributed by atoms with E-state index in [0.717, 1.165) is 5.56 Å². The third kappa shape index (κ3) is 2.95. The van der Waals surface area contributed by atoms with Gasteiger partial charge in [0, 0.05) is 18.7 Å². The smallest absolute Gasteiger partial charge is 0.312 e. The molecule has 0 saturated heterocycles. The fourth-order valence-electron chi connectivity index (χ4n) is 1.54. The molecule has 1 aromatic carbocycles. The van der Waals surface area contributed by atoms with Crippen LogP contribution < -0.4 is 5.73 Å². The first-order valence-corrected chi connectivity index (χ1v) is 5.18. The highest BCUT2D eigenvalue weighted by Gasteiger charge is 2.21. The summed E-state index contributed by atoms with van der Waals surface area (Å²) in [6, 6.07) is 5.09. The van der Waals surface area contributed by atoms with E-state index >= 15 is 0 Å². The molecule has 3 N–H and O–H groups in total. The van der Waals surface area contributed by atoms with Crippen molar-refractivity contribution in [3.8, 4) is 0 Å². The van der Waals surface area contributed by atoms with Gasteiger partial charge in [-0.05, 0) is 23.3 Å². The van der Waals surface area contributed by atoms with Gasteiger partial charge in [-0.3, -0.25) is 4.79 Å². The average molecular weight is 244 g/mol. The van der Waals surface area contributed by atoms with E-state index in [1.807, 2.05) is 0 Å². The van der Waals surface area contributed by atoms with Gasteiger partial charge in [0.2, 0.25) is 0 Å². The predicted molar refractivity (Wildman–Crippen MR) is 61.6 cm³/mol. The zero-order valence-electron chi connectivity index (χ0n) is 8.94. The van der Waals surface area contributed by atoms with Crippen LogP contribution in [0.2, 0.25) is 5.02 Å². The molecule has 4 nitrogen and oxygen atoms in total. The molecule has 0 radical (unpaired) electrons. The van der Waals surface area contributed by atoms with Crippen LogP contribution in [0.1, 0.15) is 17.0 Å². The number of nitrogens with two attached hydrogens (primary N) is 1. The van der Waals surface area contributed by atoms with E-state index in [0.29, 0.717) is 17.2 Å². The lowest BCUT2D eigenvalue weighted by atomic mass is 9.94. The van der Waals surface area contributed by atoms with Gasteiger partial charge in [-0.25, -0.2) is 0 Å². The maximum atomic E-state index is 11.0. The monoisotopic (exact) mass is 243 g/mol. The summed E-state index contributed by atoms with van der Waals surface area (Å²) < 4.78 is 5.01. The standard InChI is InChI=1S/C11H14ClNO3/c1-16-6-7-2-3-8(12)4-9(7)10(5-13)11(14)15/h2-4,10H,5-6,13H2,1H3,(H,14,15). The Hall–Kier alpha value is -1.10. The zero-order valence-corrected chi connectivity index (χ0v) is 9.70. The zero-order chi connectivity index (χ0) is 12.1. The minimum Gasteiger partial charge on any atom is -0.481 e. The van der Waals surface area contributed by atoms with Crippen LogP contribution in [0.25, 0.3) is 0 Å². The molecule has 16 heavy (non-hydrogen) atoms. The summed E-state index contributed by atoms with van der Waals surface area (Å²) in [6.45, 7) is 0.378. The number of carboxylic acid groups (broad SMARTS) is 1. The van der Waals surface area contributed by atoms with Gasteiger partial charge >= 0.3 is 5.97 Å². The molecule has 0 aliphatic rings. The number of halogens is 1. The minimum atomic E-state index is -0.956. The summed E-state index contributed by atoms with van der Waals surface area (Å²) in [5.41, 5.74) is 6.87. The molecule has 1 unspecified atom stereocenters. The van der Waals surface area contributed by atoms with Gasteiger partial charge < -0.3 is 15.6 Å². The van der Waals surface area contributed by atoms with Crippen LogP contribution in [-0.4, -0.2) is 24.7 Å². The topological polar surface area (TPSA) is 72.5 Å². The molecule has 0 fully saturated rings. The van der Waals surface area contributed by atoms with Crippen molar-refractivity contribution in [3.63, 3.8) is 0 Å². The molecule has 0 aliphatic carbocycles. The van der Waals surface area contributed by atoms with Crippen molar-refractivity contribution in [1.82, 2.24) is 0 Å². The van der Waals surface area contributed by atoms with Gasteiger partial charge in [-0.2, -0.15) is 0 Å². The number of carbonyl (C=O) groups is 1. The molecule has 0 aromatic heterocycles. The Morgan fingerprint density at radius 1 is 1.62 bits per heavy atom. The van der Waals surface area contributed by atoms with Crippen LogP contribution >= 0.6 is 11.6 Å². The molecule has 0 bridgehead atoms. The summed E-state index contributed by atoms with van der Waals surface area (Å²) in [6.07, 6.45) is 0. The van der Waals surface area contributed by atoms with Crippen molar-refractivity contribution < 1.29 is 14.6 Å². The second-order valence-electron chi connectivity index (χ2n) is 3.40. The lowest BCUT2D eigenvalue weighted by Gasteiger charge is -2.15. The van der Waals surface area contributed by atoms with E-state index < -0.39 is 11.9 Å². The highest BCUT2D eigenvalue weighted by molar-refractivity contribution is 6.30. The van der Waals surface area contributed by atoms with E-state index in [1.54, 1.807) is 25.3 Å². The molecule has 0 spiro atoms. The second kappa shape index (κ2) is 5.84. The van der Waals surface area contributed by atoms with Crippen molar-refractivity contribution in [1.29, 1.82) is 0 Å². The number of methoxy groups -OCH3 is 1. The van der Waals surface area contributed by atoms with Gasteiger partial charge in [0.05, 0.1) is 12.5 Å². The number of ether oxygens (including phenoxy) is 1. The van der Waals surface area contributed by atoms with Crippen molar-refractivity contribution in [2.24, 2.45) is 5.73 Å². The van der Waals surface area contributed by atoms with Crippen LogP contribution in [0.15, 0.2) is 18.2 Å². The summed E-state index contributed by atoms with van der Waals surface area (Å²) >= 11 is 5.85. The fraction of sp³-hybridized carbons (Fsp3) is 0.364. The minimum absolute atomic E-state index is 0.0341. The Kier molecular flexibility index (Phi) is 4.73. The molecule has 0 heterocycles. The third-order valence-corrected chi connectivity index (χ3v) is 2.55. The first-order valence-electron chi connectivity index (χ1n) is 4.80.